The highest BCUT2D eigenvalue weighted by molar-refractivity contribution is 5.98. The van der Waals surface area contributed by atoms with Crippen LogP contribution >= 0.6 is 0 Å². The molecule has 5 nitrogen and oxygen atoms in total. The molecule has 27 heavy (non-hydrogen) atoms. The van der Waals surface area contributed by atoms with Gasteiger partial charge in [0.25, 0.3) is 5.91 Å². The standard InChI is InChI=1S/C22H26N4O/c1-15-12-23-21(17-6-4-7-17)26(15)14-16-9-10-25(13-16)22(27)20-11-18-5-2-3-8-19(18)24-20/h2-3,5,8,11-12,16-17,24H,4,6-7,9-10,13-14H2,1H3. The van der Waals surface area contributed by atoms with Gasteiger partial charge in [-0.05, 0) is 44.2 Å². The predicted octanol–water partition coefficient (Wildman–Crippen LogP) is 4.10. The van der Waals surface area contributed by atoms with Crippen molar-refractivity contribution in [2.45, 2.75) is 45.1 Å². The number of nitrogens with zero attached hydrogens (tertiary/aromatic N) is 3. The molecule has 2 fully saturated rings. The van der Waals surface area contributed by atoms with Gasteiger partial charge in [0.05, 0.1) is 0 Å². The lowest BCUT2D eigenvalue weighted by Gasteiger charge is -2.27. The van der Waals surface area contributed by atoms with E-state index in [-0.39, 0.29) is 5.91 Å². The number of carbonyl (C=O) groups excluding carboxylic acids is 1. The second-order valence-corrected chi connectivity index (χ2v) is 8.17. The Hall–Kier alpha value is -2.56. The third-order valence-corrected chi connectivity index (χ3v) is 6.33. The van der Waals surface area contributed by atoms with E-state index in [4.69, 9.17) is 0 Å². The number of likely N-dealkylation sites (tertiary alicyclic amines) is 1. The highest BCUT2D eigenvalue weighted by atomic mass is 16.2. The smallest absolute Gasteiger partial charge is 0.270 e. The zero-order chi connectivity index (χ0) is 18.4. The average molecular weight is 362 g/mol. The third-order valence-electron chi connectivity index (χ3n) is 6.33. The Morgan fingerprint density at radius 1 is 1.26 bits per heavy atom. The molecular formula is C22H26N4O. The van der Waals surface area contributed by atoms with E-state index in [1.54, 1.807) is 0 Å². The molecule has 0 radical (unpaired) electrons. The number of carbonyl (C=O) groups is 1. The molecule has 2 aliphatic rings. The number of nitrogens with one attached hydrogen (secondary N) is 1. The summed E-state index contributed by atoms with van der Waals surface area (Å²) >= 11 is 0. The zero-order valence-corrected chi connectivity index (χ0v) is 15.8. The molecule has 1 amide bonds. The summed E-state index contributed by atoms with van der Waals surface area (Å²) < 4.78 is 2.41. The van der Waals surface area contributed by atoms with Gasteiger partial charge in [0.1, 0.15) is 11.5 Å². The summed E-state index contributed by atoms with van der Waals surface area (Å²) in [5.41, 5.74) is 2.97. The van der Waals surface area contributed by atoms with Crippen LogP contribution in [-0.2, 0) is 6.54 Å². The number of hydrogen-bond acceptors (Lipinski definition) is 2. The van der Waals surface area contributed by atoms with Crippen LogP contribution in [0.5, 0.6) is 0 Å². The van der Waals surface area contributed by atoms with E-state index in [0.29, 0.717) is 17.5 Å². The number of H-pyrrole nitrogens is 1. The number of aromatic amines is 1. The monoisotopic (exact) mass is 362 g/mol. The first-order valence-corrected chi connectivity index (χ1v) is 10.1. The molecule has 1 aliphatic heterocycles. The SMILES string of the molecule is Cc1cnc(C2CCC2)n1CC1CCN(C(=O)c2cc3ccccc3[nH]2)C1. The summed E-state index contributed by atoms with van der Waals surface area (Å²) in [6.07, 6.45) is 6.94. The van der Waals surface area contributed by atoms with Crippen LogP contribution in [0.25, 0.3) is 10.9 Å². The Morgan fingerprint density at radius 2 is 2.11 bits per heavy atom. The fourth-order valence-electron chi connectivity index (χ4n) is 4.49. The quantitative estimate of drug-likeness (QED) is 0.760. The molecule has 1 saturated carbocycles. The van der Waals surface area contributed by atoms with Crippen molar-refractivity contribution in [3.05, 3.63) is 53.7 Å². The van der Waals surface area contributed by atoms with Gasteiger partial charge in [0, 0.05) is 48.3 Å². The largest absolute Gasteiger partial charge is 0.351 e. The number of amides is 1. The minimum atomic E-state index is 0.121. The van der Waals surface area contributed by atoms with Crippen LogP contribution < -0.4 is 0 Å². The van der Waals surface area contributed by atoms with Crippen LogP contribution in [0.15, 0.2) is 36.5 Å². The lowest BCUT2D eigenvalue weighted by Crippen LogP contribution is -2.29. The summed E-state index contributed by atoms with van der Waals surface area (Å²) in [6.45, 7) is 4.80. The first kappa shape index (κ1) is 16.6. The summed E-state index contributed by atoms with van der Waals surface area (Å²) in [7, 11) is 0. The molecule has 1 saturated heterocycles. The van der Waals surface area contributed by atoms with Crippen molar-refractivity contribution in [1.82, 2.24) is 19.4 Å². The fourth-order valence-corrected chi connectivity index (χ4v) is 4.49. The number of aryl methyl sites for hydroxylation is 1. The fraction of sp³-hybridized carbons (Fsp3) is 0.455. The molecule has 1 atom stereocenters. The highest BCUT2D eigenvalue weighted by Crippen LogP contribution is 2.36. The van der Waals surface area contributed by atoms with Crippen molar-refractivity contribution < 1.29 is 4.79 Å². The molecule has 2 aromatic heterocycles. The maximum Gasteiger partial charge on any atom is 0.270 e. The van der Waals surface area contributed by atoms with Gasteiger partial charge in [0.15, 0.2) is 0 Å². The van der Waals surface area contributed by atoms with Crippen LogP contribution in [0.4, 0.5) is 0 Å². The Labute approximate surface area is 159 Å². The number of aromatic nitrogens is 3. The van der Waals surface area contributed by atoms with Crippen molar-refractivity contribution in [3.63, 3.8) is 0 Å². The summed E-state index contributed by atoms with van der Waals surface area (Å²) in [5, 5.41) is 1.09. The molecular weight excluding hydrogens is 336 g/mol. The number of para-hydroxylation sites is 1. The third kappa shape index (κ3) is 2.95. The highest BCUT2D eigenvalue weighted by Gasteiger charge is 2.30. The number of fused-ring (bicyclic) bond motifs is 1. The van der Waals surface area contributed by atoms with Crippen LogP contribution in [-0.4, -0.2) is 38.4 Å². The lowest BCUT2D eigenvalue weighted by molar-refractivity contribution is 0.0781. The van der Waals surface area contributed by atoms with Crippen molar-refractivity contribution >= 4 is 16.8 Å². The number of imidazole rings is 1. The van der Waals surface area contributed by atoms with Crippen molar-refractivity contribution in [3.8, 4) is 0 Å². The molecule has 1 N–H and O–H groups in total. The van der Waals surface area contributed by atoms with Crippen molar-refractivity contribution in [1.29, 1.82) is 0 Å². The van der Waals surface area contributed by atoms with Gasteiger partial charge in [-0.2, -0.15) is 0 Å². The maximum absolute atomic E-state index is 12.9. The van der Waals surface area contributed by atoms with Gasteiger partial charge < -0.3 is 14.5 Å². The molecule has 5 rings (SSSR count). The van der Waals surface area contributed by atoms with E-state index < -0.39 is 0 Å². The van der Waals surface area contributed by atoms with E-state index >= 15 is 0 Å². The van der Waals surface area contributed by atoms with Gasteiger partial charge in [-0.3, -0.25) is 4.79 Å². The van der Waals surface area contributed by atoms with Crippen LogP contribution in [0.2, 0.25) is 0 Å². The lowest BCUT2D eigenvalue weighted by atomic mass is 9.84. The van der Waals surface area contributed by atoms with Gasteiger partial charge in [0.2, 0.25) is 0 Å². The summed E-state index contributed by atoms with van der Waals surface area (Å²) in [4.78, 5) is 22.9. The molecule has 1 aliphatic carbocycles. The molecule has 0 bridgehead atoms. The summed E-state index contributed by atoms with van der Waals surface area (Å²) in [5.74, 6) is 2.53. The maximum atomic E-state index is 12.9. The molecule has 5 heteroatoms. The van der Waals surface area contributed by atoms with Gasteiger partial charge in [-0.25, -0.2) is 4.98 Å². The Balaban J connectivity index is 1.29. The second kappa shape index (κ2) is 6.55. The normalized spacial score (nSPS) is 20.3. The van der Waals surface area contributed by atoms with Gasteiger partial charge >= 0.3 is 0 Å². The molecule has 1 unspecified atom stereocenters. The first-order chi connectivity index (χ1) is 13.2. The number of benzene rings is 1. The topological polar surface area (TPSA) is 53.9 Å². The van der Waals surface area contributed by atoms with E-state index in [2.05, 4.69) is 21.5 Å². The molecule has 3 heterocycles. The van der Waals surface area contributed by atoms with E-state index in [0.717, 1.165) is 37.0 Å². The number of hydrogen-bond donors (Lipinski definition) is 1. The summed E-state index contributed by atoms with van der Waals surface area (Å²) in [6, 6.07) is 10.0. The molecule has 0 spiro atoms. The van der Waals surface area contributed by atoms with Gasteiger partial charge in [-0.1, -0.05) is 24.6 Å². The van der Waals surface area contributed by atoms with E-state index in [1.165, 1.54) is 30.8 Å². The molecule has 1 aromatic carbocycles. The van der Waals surface area contributed by atoms with Crippen LogP contribution in [0.1, 0.15) is 53.6 Å². The Bertz CT molecular complexity index is 948. The molecule has 140 valence electrons. The average Bonchev–Trinajstić information content (AvgIpc) is 3.34. The second-order valence-electron chi connectivity index (χ2n) is 8.17. The zero-order valence-electron chi connectivity index (χ0n) is 15.8. The van der Waals surface area contributed by atoms with E-state index in [1.807, 2.05) is 41.4 Å². The van der Waals surface area contributed by atoms with Crippen LogP contribution in [0, 0.1) is 12.8 Å². The van der Waals surface area contributed by atoms with Crippen molar-refractivity contribution in [2.75, 3.05) is 13.1 Å². The van der Waals surface area contributed by atoms with Crippen LogP contribution in [0.3, 0.4) is 0 Å². The Kier molecular flexibility index (Phi) is 4.03. The number of rotatable bonds is 4. The predicted molar refractivity (Wildman–Crippen MR) is 106 cm³/mol. The van der Waals surface area contributed by atoms with Gasteiger partial charge in [-0.15, -0.1) is 0 Å². The minimum absolute atomic E-state index is 0.121. The first-order valence-electron chi connectivity index (χ1n) is 10.1. The molecule has 3 aromatic rings. The van der Waals surface area contributed by atoms with E-state index in [9.17, 15) is 4.79 Å². The Morgan fingerprint density at radius 3 is 2.89 bits per heavy atom. The minimum Gasteiger partial charge on any atom is -0.351 e. The van der Waals surface area contributed by atoms with Crippen molar-refractivity contribution in [2.24, 2.45) is 5.92 Å².